The van der Waals surface area contributed by atoms with E-state index >= 15 is 0 Å². The summed E-state index contributed by atoms with van der Waals surface area (Å²) in [6.45, 7) is 0. The Kier molecular flexibility index (Phi) is 5.11. The molecular weight excluding hydrogens is 408 g/mol. The smallest absolute Gasteiger partial charge is 0.298 e. The van der Waals surface area contributed by atoms with Gasteiger partial charge in [0.05, 0.1) is 22.6 Å². The number of nitrogens with zero attached hydrogens (tertiary/aromatic N) is 2. The van der Waals surface area contributed by atoms with E-state index in [2.05, 4.69) is 0 Å². The normalized spacial score (nSPS) is 15.1. The summed E-state index contributed by atoms with van der Waals surface area (Å²) in [5.41, 5.74) is 1.09. The number of anilines is 1. The molecule has 0 bridgehead atoms. The third kappa shape index (κ3) is 3.70. The summed E-state index contributed by atoms with van der Waals surface area (Å²) in [6, 6.07) is 15.9. The number of carbonyl (C=O) groups is 2. The minimum atomic E-state index is -0.476. The van der Waals surface area contributed by atoms with Gasteiger partial charge in [0, 0.05) is 23.8 Å². The molecule has 0 spiro atoms. The van der Waals surface area contributed by atoms with Gasteiger partial charge in [-0.05, 0) is 60.3 Å². The van der Waals surface area contributed by atoms with Crippen LogP contribution in [0.1, 0.15) is 5.76 Å². The largest absolute Gasteiger partial charge is 0.497 e. The predicted octanol–water partition coefficient (Wildman–Crippen LogP) is 5.10. The van der Waals surface area contributed by atoms with Crippen molar-refractivity contribution in [2.75, 3.05) is 12.0 Å². The summed E-state index contributed by atoms with van der Waals surface area (Å²) in [5.74, 6) is 1.06. The second-order valence-electron chi connectivity index (χ2n) is 6.22. The van der Waals surface area contributed by atoms with Crippen LogP contribution in [0.25, 0.3) is 17.4 Å². The zero-order chi connectivity index (χ0) is 21.3. The van der Waals surface area contributed by atoms with Gasteiger partial charge in [-0.2, -0.15) is 0 Å². The molecule has 0 saturated carbocycles. The number of furan rings is 1. The van der Waals surface area contributed by atoms with Crippen molar-refractivity contribution in [2.24, 2.45) is 0 Å². The highest BCUT2D eigenvalue weighted by Crippen LogP contribution is 2.37. The van der Waals surface area contributed by atoms with Crippen molar-refractivity contribution in [2.45, 2.75) is 0 Å². The number of hydrogen-bond donors (Lipinski definition) is 0. The van der Waals surface area contributed by atoms with E-state index in [1.165, 1.54) is 25.3 Å². The molecule has 1 saturated heterocycles. The van der Waals surface area contributed by atoms with E-state index < -0.39 is 16.1 Å². The first kappa shape index (κ1) is 19.5. The summed E-state index contributed by atoms with van der Waals surface area (Å²) < 4.78 is 10.8. The number of ether oxygens (including phenoxy) is 1. The van der Waals surface area contributed by atoms with Crippen molar-refractivity contribution in [3.63, 3.8) is 0 Å². The second kappa shape index (κ2) is 7.88. The third-order valence-electron chi connectivity index (χ3n) is 4.39. The van der Waals surface area contributed by atoms with Gasteiger partial charge in [-0.3, -0.25) is 19.7 Å². The topological polar surface area (TPSA) is 103 Å². The van der Waals surface area contributed by atoms with Crippen LogP contribution in [0.3, 0.4) is 0 Å². The van der Waals surface area contributed by atoms with Crippen molar-refractivity contribution in [1.82, 2.24) is 0 Å². The van der Waals surface area contributed by atoms with Gasteiger partial charge in [-0.25, -0.2) is 4.90 Å². The number of hydrogen-bond acceptors (Lipinski definition) is 7. The first-order chi connectivity index (χ1) is 14.5. The monoisotopic (exact) mass is 422 g/mol. The number of non-ortho nitro benzene ring substituents is 1. The number of amides is 2. The maximum atomic E-state index is 12.7. The molecule has 0 atom stereocenters. The van der Waals surface area contributed by atoms with E-state index in [0.29, 0.717) is 28.5 Å². The Morgan fingerprint density at radius 2 is 1.73 bits per heavy atom. The lowest BCUT2D eigenvalue weighted by atomic mass is 10.1. The minimum Gasteiger partial charge on any atom is -0.497 e. The highest BCUT2D eigenvalue weighted by atomic mass is 32.2. The molecule has 3 aromatic rings. The van der Waals surface area contributed by atoms with Gasteiger partial charge in [0.25, 0.3) is 16.8 Å². The van der Waals surface area contributed by atoms with Crippen molar-refractivity contribution in [3.05, 3.63) is 81.4 Å². The molecule has 2 amide bonds. The fraction of sp³-hybridized carbons (Fsp3) is 0.0476. The van der Waals surface area contributed by atoms with E-state index in [9.17, 15) is 19.7 Å². The van der Waals surface area contributed by atoms with Crippen LogP contribution in [0.15, 0.2) is 70.0 Å². The number of benzene rings is 2. The van der Waals surface area contributed by atoms with E-state index in [1.807, 2.05) is 0 Å². The average molecular weight is 422 g/mol. The molecule has 0 radical (unpaired) electrons. The highest BCUT2D eigenvalue weighted by Gasteiger charge is 2.36. The molecule has 150 valence electrons. The van der Waals surface area contributed by atoms with Crippen molar-refractivity contribution in [3.8, 4) is 17.1 Å². The molecule has 30 heavy (non-hydrogen) atoms. The number of nitro groups is 1. The number of carbonyl (C=O) groups excluding carboxylic acids is 2. The molecule has 1 aliphatic rings. The van der Waals surface area contributed by atoms with Gasteiger partial charge in [-0.1, -0.05) is 0 Å². The number of nitro benzene ring substituents is 1. The van der Waals surface area contributed by atoms with Crippen LogP contribution in [-0.4, -0.2) is 23.2 Å². The van der Waals surface area contributed by atoms with E-state index in [-0.39, 0.29) is 10.6 Å². The van der Waals surface area contributed by atoms with Gasteiger partial charge in [0.1, 0.15) is 17.3 Å². The fourth-order valence-electron chi connectivity index (χ4n) is 2.88. The molecule has 1 fully saturated rings. The second-order valence-corrected chi connectivity index (χ2v) is 7.21. The maximum absolute atomic E-state index is 12.7. The van der Waals surface area contributed by atoms with Crippen LogP contribution in [0.5, 0.6) is 5.75 Å². The molecule has 9 heteroatoms. The lowest BCUT2D eigenvalue weighted by molar-refractivity contribution is -0.384. The Labute approximate surface area is 174 Å². The van der Waals surface area contributed by atoms with Gasteiger partial charge in [0.2, 0.25) is 0 Å². The standard InChI is InChI=1S/C21H14N2O6S/c1-28-16-8-6-14(7-9-16)22-20(24)19(30-21(22)25)12-17-10-11-18(29-17)13-2-4-15(5-3-13)23(26)27/h2-12H,1H3/b19-12+. The molecule has 1 aliphatic heterocycles. The quantitative estimate of drug-likeness (QED) is 0.320. The van der Waals surface area contributed by atoms with E-state index in [1.54, 1.807) is 48.5 Å². The number of thioether (sulfide) groups is 1. The van der Waals surface area contributed by atoms with E-state index in [4.69, 9.17) is 9.15 Å². The van der Waals surface area contributed by atoms with E-state index in [0.717, 1.165) is 16.7 Å². The van der Waals surface area contributed by atoms with Gasteiger partial charge in [0.15, 0.2) is 0 Å². The molecule has 0 aliphatic carbocycles. The van der Waals surface area contributed by atoms with Crippen LogP contribution in [0.4, 0.5) is 16.2 Å². The number of rotatable bonds is 5. The molecular formula is C21H14N2O6S. The van der Waals surface area contributed by atoms with Crippen LogP contribution in [-0.2, 0) is 4.79 Å². The van der Waals surface area contributed by atoms with Crippen molar-refractivity contribution in [1.29, 1.82) is 0 Å². The average Bonchev–Trinajstić information content (AvgIpc) is 3.33. The van der Waals surface area contributed by atoms with Gasteiger partial charge in [-0.15, -0.1) is 0 Å². The summed E-state index contributed by atoms with van der Waals surface area (Å²) in [5, 5.41) is 10.4. The Morgan fingerprint density at radius 1 is 1.03 bits per heavy atom. The molecule has 2 heterocycles. The molecule has 1 aromatic heterocycles. The van der Waals surface area contributed by atoms with Gasteiger partial charge >= 0.3 is 0 Å². The molecule has 8 nitrogen and oxygen atoms in total. The van der Waals surface area contributed by atoms with Crippen LogP contribution in [0.2, 0.25) is 0 Å². The number of methoxy groups -OCH3 is 1. The highest BCUT2D eigenvalue weighted by molar-refractivity contribution is 8.19. The van der Waals surface area contributed by atoms with Crippen molar-refractivity contribution < 1.29 is 23.7 Å². The molecule has 4 rings (SSSR count). The first-order valence-corrected chi connectivity index (χ1v) is 9.54. The summed E-state index contributed by atoms with van der Waals surface area (Å²) >= 11 is 0.824. The Morgan fingerprint density at radius 3 is 2.37 bits per heavy atom. The Bertz CT molecular complexity index is 1160. The minimum absolute atomic E-state index is 0.0160. The first-order valence-electron chi connectivity index (χ1n) is 8.73. The Balaban J connectivity index is 1.56. The summed E-state index contributed by atoms with van der Waals surface area (Å²) in [7, 11) is 1.53. The van der Waals surface area contributed by atoms with Crippen molar-refractivity contribution >= 4 is 40.4 Å². The lowest BCUT2D eigenvalue weighted by Crippen LogP contribution is -2.27. The third-order valence-corrected chi connectivity index (χ3v) is 5.26. The van der Waals surface area contributed by atoms with Crippen LogP contribution in [0, 0.1) is 10.1 Å². The van der Waals surface area contributed by atoms with Gasteiger partial charge < -0.3 is 9.15 Å². The van der Waals surface area contributed by atoms with Crippen LogP contribution < -0.4 is 9.64 Å². The molecule has 0 N–H and O–H groups in total. The zero-order valence-corrected chi connectivity index (χ0v) is 16.4. The molecule has 0 unspecified atom stereocenters. The Hall–Kier alpha value is -3.85. The molecule has 2 aromatic carbocycles. The lowest BCUT2D eigenvalue weighted by Gasteiger charge is -2.12. The number of imide groups is 1. The zero-order valence-electron chi connectivity index (χ0n) is 15.6. The summed E-state index contributed by atoms with van der Waals surface area (Å²) in [4.78, 5) is 36.7. The summed E-state index contributed by atoms with van der Waals surface area (Å²) in [6.07, 6.45) is 1.50. The maximum Gasteiger partial charge on any atom is 0.298 e. The SMILES string of the molecule is COc1ccc(N2C(=O)S/C(=C/c3ccc(-c4ccc([N+](=O)[O-])cc4)o3)C2=O)cc1. The predicted molar refractivity (Wildman–Crippen MR) is 112 cm³/mol. The fourth-order valence-corrected chi connectivity index (χ4v) is 3.71. The van der Waals surface area contributed by atoms with Crippen LogP contribution >= 0.6 is 11.8 Å².